The highest BCUT2D eigenvalue weighted by atomic mass is 16.4. The summed E-state index contributed by atoms with van der Waals surface area (Å²) in [6.07, 6.45) is 7.15. The molecule has 2 N–H and O–H groups in total. The van der Waals surface area contributed by atoms with Crippen LogP contribution >= 0.6 is 0 Å². The number of carbonyl (C=O) groups excluding carboxylic acids is 2. The molecule has 37 heavy (non-hydrogen) atoms. The van der Waals surface area contributed by atoms with Crippen LogP contribution in [0.25, 0.3) is 21.9 Å². The molecule has 3 heterocycles. The fourth-order valence-corrected chi connectivity index (χ4v) is 4.18. The molecule has 0 saturated heterocycles. The van der Waals surface area contributed by atoms with E-state index >= 15 is 0 Å². The van der Waals surface area contributed by atoms with Gasteiger partial charge in [-0.3, -0.25) is 19.6 Å². The lowest BCUT2D eigenvalue weighted by atomic mass is 9.93. The molecule has 8 nitrogen and oxygen atoms in total. The number of rotatable bonds is 3. The van der Waals surface area contributed by atoms with Crippen LogP contribution in [0.4, 0.5) is 5.69 Å². The number of carboxylic acids is 1. The van der Waals surface area contributed by atoms with Crippen LogP contribution in [0.2, 0.25) is 0 Å². The van der Waals surface area contributed by atoms with E-state index in [-0.39, 0.29) is 11.3 Å². The van der Waals surface area contributed by atoms with Crippen LogP contribution < -0.4 is 4.90 Å². The number of aromatic carboxylic acids is 1. The molecule has 1 aliphatic rings. The Morgan fingerprint density at radius 2 is 1.22 bits per heavy atom. The number of phenolic OH excluding ortho intramolecular Hbond substituents is 1. The minimum atomic E-state index is -1.21. The van der Waals surface area contributed by atoms with E-state index in [9.17, 15) is 19.5 Å². The van der Waals surface area contributed by atoms with E-state index in [4.69, 9.17) is 5.11 Å². The van der Waals surface area contributed by atoms with Crippen molar-refractivity contribution < 1.29 is 24.6 Å². The fourth-order valence-electron chi connectivity index (χ4n) is 4.18. The number of nitrogens with zero attached hydrogens (tertiary/aromatic N) is 3. The number of carboxylic acid groups (broad SMARTS) is 1. The van der Waals surface area contributed by atoms with Gasteiger partial charge in [-0.15, -0.1) is 0 Å². The minimum absolute atomic E-state index is 0.0495. The van der Waals surface area contributed by atoms with E-state index in [1.807, 2.05) is 36.4 Å². The SMILES string of the molecule is O=C(O)c1ccc(N2C(=O)c3cccc4cccc(c34)C2=O)c(O)c1.c1cc(-c2ccncc2)ccn1. The first kappa shape index (κ1) is 23.4. The molecular weight excluding hydrogens is 470 g/mol. The highest BCUT2D eigenvalue weighted by molar-refractivity contribution is 6.36. The van der Waals surface area contributed by atoms with Gasteiger partial charge in [0.15, 0.2) is 0 Å². The molecule has 0 saturated carbocycles. The van der Waals surface area contributed by atoms with E-state index in [1.54, 1.807) is 49.1 Å². The van der Waals surface area contributed by atoms with Crippen LogP contribution in [0, 0.1) is 0 Å². The van der Waals surface area contributed by atoms with Crippen molar-refractivity contribution in [1.29, 1.82) is 0 Å². The highest BCUT2D eigenvalue weighted by Gasteiger charge is 2.35. The molecule has 8 heteroatoms. The van der Waals surface area contributed by atoms with Gasteiger partial charge in [-0.2, -0.15) is 0 Å². The number of aromatic nitrogens is 2. The van der Waals surface area contributed by atoms with E-state index < -0.39 is 23.5 Å². The Balaban J connectivity index is 0.000000195. The quantitative estimate of drug-likeness (QED) is 0.335. The molecule has 0 aliphatic carbocycles. The van der Waals surface area contributed by atoms with Gasteiger partial charge in [-0.25, -0.2) is 9.69 Å². The third-order valence-electron chi connectivity index (χ3n) is 5.93. The Morgan fingerprint density at radius 3 is 1.68 bits per heavy atom. The van der Waals surface area contributed by atoms with E-state index in [0.29, 0.717) is 16.5 Å². The summed E-state index contributed by atoms with van der Waals surface area (Å²) in [6, 6.07) is 21.7. The molecule has 0 atom stereocenters. The predicted octanol–water partition coefficient (Wildman–Crippen LogP) is 5.19. The summed E-state index contributed by atoms with van der Waals surface area (Å²) in [5, 5.41) is 20.5. The second-order valence-corrected chi connectivity index (χ2v) is 8.14. The third-order valence-corrected chi connectivity index (χ3v) is 5.93. The van der Waals surface area contributed by atoms with Crippen molar-refractivity contribution >= 4 is 34.2 Å². The van der Waals surface area contributed by atoms with Crippen LogP contribution in [0.1, 0.15) is 31.1 Å². The maximum atomic E-state index is 12.9. The number of imide groups is 1. The van der Waals surface area contributed by atoms with Crippen molar-refractivity contribution in [2.75, 3.05) is 4.90 Å². The molecule has 0 radical (unpaired) electrons. The fraction of sp³-hybridized carbons (Fsp3) is 0. The number of pyridine rings is 2. The Bertz CT molecular complexity index is 1560. The van der Waals surface area contributed by atoms with E-state index in [0.717, 1.165) is 16.4 Å². The monoisotopic (exact) mass is 489 g/mol. The minimum Gasteiger partial charge on any atom is -0.506 e. The number of aromatic hydroxyl groups is 1. The van der Waals surface area contributed by atoms with Gasteiger partial charge in [-0.05, 0) is 71.1 Å². The van der Waals surface area contributed by atoms with Crippen molar-refractivity contribution in [2.24, 2.45) is 0 Å². The van der Waals surface area contributed by atoms with Crippen molar-refractivity contribution in [3.63, 3.8) is 0 Å². The van der Waals surface area contributed by atoms with Crippen LogP contribution in [0.5, 0.6) is 5.75 Å². The Kier molecular flexibility index (Phi) is 6.13. The average molecular weight is 489 g/mol. The van der Waals surface area contributed by atoms with Gasteiger partial charge in [0.2, 0.25) is 0 Å². The maximum absolute atomic E-state index is 12.9. The molecule has 0 fully saturated rings. The number of benzene rings is 3. The zero-order valence-electron chi connectivity index (χ0n) is 19.3. The molecule has 2 amide bonds. The van der Waals surface area contributed by atoms with Crippen LogP contribution in [-0.2, 0) is 0 Å². The second kappa shape index (κ2) is 9.71. The summed E-state index contributed by atoms with van der Waals surface area (Å²) in [5.41, 5.74) is 2.87. The Morgan fingerprint density at radius 1 is 0.703 bits per heavy atom. The number of carbonyl (C=O) groups is 3. The number of anilines is 1. The van der Waals surface area contributed by atoms with Crippen molar-refractivity contribution in [1.82, 2.24) is 9.97 Å². The molecule has 6 rings (SSSR count). The summed E-state index contributed by atoms with van der Waals surface area (Å²) in [6.45, 7) is 0. The lowest BCUT2D eigenvalue weighted by Crippen LogP contribution is -2.40. The molecule has 5 aromatic rings. The topological polar surface area (TPSA) is 121 Å². The van der Waals surface area contributed by atoms with Crippen molar-refractivity contribution in [3.8, 4) is 16.9 Å². The zero-order valence-corrected chi connectivity index (χ0v) is 19.3. The molecule has 180 valence electrons. The first-order valence-corrected chi connectivity index (χ1v) is 11.2. The zero-order chi connectivity index (χ0) is 25.9. The Hall–Kier alpha value is -5.37. The van der Waals surface area contributed by atoms with E-state index in [1.165, 1.54) is 23.3 Å². The molecular formula is C29H19N3O5. The molecule has 0 spiro atoms. The maximum Gasteiger partial charge on any atom is 0.335 e. The van der Waals surface area contributed by atoms with Gasteiger partial charge in [0, 0.05) is 41.3 Å². The van der Waals surface area contributed by atoms with Gasteiger partial charge in [0.05, 0.1) is 11.3 Å². The van der Waals surface area contributed by atoms with Gasteiger partial charge in [-0.1, -0.05) is 24.3 Å². The van der Waals surface area contributed by atoms with Crippen molar-refractivity contribution in [2.45, 2.75) is 0 Å². The second-order valence-electron chi connectivity index (χ2n) is 8.14. The van der Waals surface area contributed by atoms with Crippen LogP contribution in [0.3, 0.4) is 0 Å². The predicted molar refractivity (Wildman–Crippen MR) is 138 cm³/mol. The average Bonchev–Trinajstić information content (AvgIpc) is 2.94. The summed E-state index contributed by atoms with van der Waals surface area (Å²) >= 11 is 0. The van der Waals surface area contributed by atoms with Crippen molar-refractivity contribution in [3.05, 3.63) is 120 Å². The van der Waals surface area contributed by atoms with Gasteiger partial charge in [0.25, 0.3) is 11.8 Å². The molecule has 2 aromatic heterocycles. The first-order valence-electron chi connectivity index (χ1n) is 11.2. The van der Waals surface area contributed by atoms with Gasteiger partial charge < -0.3 is 10.2 Å². The smallest absolute Gasteiger partial charge is 0.335 e. The summed E-state index contributed by atoms with van der Waals surface area (Å²) in [7, 11) is 0. The lowest BCUT2D eigenvalue weighted by Gasteiger charge is -2.27. The Labute approximate surface area is 211 Å². The molecule has 3 aromatic carbocycles. The van der Waals surface area contributed by atoms with Crippen LogP contribution in [-0.4, -0.2) is 38.0 Å². The van der Waals surface area contributed by atoms with Gasteiger partial charge in [0.1, 0.15) is 5.75 Å². The molecule has 1 aliphatic heterocycles. The summed E-state index contributed by atoms with van der Waals surface area (Å²) < 4.78 is 0. The molecule has 0 bridgehead atoms. The van der Waals surface area contributed by atoms with Gasteiger partial charge >= 0.3 is 5.97 Å². The number of amides is 2. The summed E-state index contributed by atoms with van der Waals surface area (Å²) in [4.78, 5) is 45.5. The number of hydrogen-bond acceptors (Lipinski definition) is 6. The number of hydrogen-bond donors (Lipinski definition) is 2. The highest BCUT2D eigenvalue weighted by Crippen LogP contribution is 2.36. The first-order chi connectivity index (χ1) is 18.0. The summed E-state index contributed by atoms with van der Waals surface area (Å²) in [5.74, 6) is -2.79. The number of phenols is 1. The van der Waals surface area contributed by atoms with Crippen LogP contribution in [0.15, 0.2) is 104 Å². The largest absolute Gasteiger partial charge is 0.506 e. The van der Waals surface area contributed by atoms with E-state index in [2.05, 4.69) is 9.97 Å². The lowest BCUT2D eigenvalue weighted by molar-refractivity contribution is 0.0696. The molecule has 0 unspecified atom stereocenters. The normalized spacial score (nSPS) is 12.2. The third kappa shape index (κ3) is 4.39. The standard InChI is InChI=1S/C19H11NO5.C10H8N2/c21-15-9-11(19(24)25)7-8-14(15)20-17(22)12-5-1-3-10-4-2-6-13(16(10)12)18(20)23;1-5-11-6-2-9(1)10-3-7-12-8-4-10/h1-9,21H,(H,24,25);1-8H.